The van der Waals surface area contributed by atoms with Gasteiger partial charge in [0.1, 0.15) is 35.2 Å². The molecule has 0 radical (unpaired) electrons. The van der Waals surface area contributed by atoms with Crippen LogP contribution in [0.3, 0.4) is 0 Å². The second-order valence-corrected chi connectivity index (χ2v) is 16.6. The lowest BCUT2D eigenvalue weighted by atomic mass is 9.85. The van der Waals surface area contributed by atoms with Gasteiger partial charge in [-0.1, -0.05) is 32.4 Å². The second kappa shape index (κ2) is 15.4. The van der Waals surface area contributed by atoms with E-state index in [1.807, 2.05) is 32.9 Å². The van der Waals surface area contributed by atoms with Crippen LogP contribution in [0.25, 0.3) is 10.8 Å². The van der Waals surface area contributed by atoms with Gasteiger partial charge < -0.3 is 34.9 Å². The third-order valence-electron chi connectivity index (χ3n) is 10.9. The number of benzene rings is 1. The number of carboxylic acid groups (broad SMARTS) is 1. The average Bonchev–Trinajstić information content (AvgIpc) is 4.05. The van der Waals surface area contributed by atoms with Crippen LogP contribution in [0.15, 0.2) is 36.5 Å². The molecular formula is C37H49N5O10S. The van der Waals surface area contributed by atoms with Gasteiger partial charge in [-0.25, -0.2) is 18.2 Å². The Hall–Kier alpha value is -4.60. The van der Waals surface area contributed by atoms with Crippen LogP contribution in [0, 0.1) is 17.8 Å². The van der Waals surface area contributed by atoms with Crippen molar-refractivity contribution < 1.29 is 46.9 Å². The molecule has 3 fully saturated rings. The lowest BCUT2D eigenvalue weighted by Gasteiger charge is -2.33. The SMILES string of the molecule is CCOc1cnc(O[C@@H]2C[C@H]3C(=O)N[C@]4(C(=O)NS(=O)(=O)C5CC5)C[C@H]4/C=C\CC[C@@H](C)C[C@@H](CC)[C@H](NC(=O)O)C(=O)N3C2)c2ccc(OC)cc12. The van der Waals surface area contributed by atoms with Gasteiger partial charge in [-0.3, -0.25) is 19.1 Å². The number of nitrogens with one attached hydrogen (secondary N) is 3. The van der Waals surface area contributed by atoms with Crippen molar-refractivity contribution in [2.75, 3.05) is 20.3 Å². The minimum atomic E-state index is -3.91. The maximum Gasteiger partial charge on any atom is 0.405 e. The van der Waals surface area contributed by atoms with Crippen molar-refractivity contribution in [1.29, 1.82) is 0 Å². The molecule has 1 saturated heterocycles. The van der Waals surface area contributed by atoms with E-state index in [9.17, 15) is 32.7 Å². The van der Waals surface area contributed by atoms with Gasteiger partial charge in [-0.05, 0) is 75.5 Å². The van der Waals surface area contributed by atoms with E-state index in [1.54, 1.807) is 25.3 Å². The number of hydrogen-bond acceptors (Lipinski definition) is 10. The number of rotatable bonds is 10. The highest BCUT2D eigenvalue weighted by Gasteiger charge is 2.62. The zero-order valence-corrected chi connectivity index (χ0v) is 31.3. The van der Waals surface area contributed by atoms with E-state index in [-0.39, 0.29) is 37.1 Å². The molecule has 2 aromatic rings. The van der Waals surface area contributed by atoms with Crippen molar-refractivity contribution in [1.82, 2.24) is 25.2 Å². The van der Waals surface area contributed by atoms with Gasteiger partial charge in [0.05, 0.1) is 31.7 Å². The molecule has 1 aromatic carbocycles. The minimum Gasteiger partial charge on any atom is -0.497 e. The molecule has 2 aliphatic carbocycles. The Morgan fingerprint density at radius 2 is 1.91 bits per heavy atom. The molecule has 0 spiro atoms. The predicted molar refractivity (Wildman–Crippen MR) is 194 cm³/mol. The number of ether oxygens (including phenoxy) is 3. The topological polar surface area (TPSA) is 203 Å². The van der Waals surface area contributed by atoms with Gasteiger partial charge >= 0.3 is 6.09 Å². The zero-order chi connectivity index (χ0) is 38.1. The molecule has 1 aromatic heterocycles. The summed E-state index contributed by atoms with van der Waals surface area (Å²) >= 11 is 0. The van der Waals surface area contributed by atoms with Crippen LogP contribution in [0.2, 0.25) is 0 Å². The molecule has 4 amide bonds. The number of allylic oxidation sites excluding steroid dienone is 1. The molecular weight excluding hydrogens is 706 g/mol. The van der Waals surface area contributed by atoms with E-state index in [0.29, 0.717) is 61.0 Å². The molecule has 7 atom stereocenters. The standard InChI is InChI=1S/C37H49N5O10S/c1-5-22-15-21(3)9-7-8-10-23-18-37(23,35(45)41-53(48,49)26-12-13-26)40-32(43)29-17-25(20-42(29)34(44)31(22)39-36(46)47)52-33-27-14-11-24(50-4)16-28(27)30(19-38-33)51-6-2/h8,10-11,14,16,19,21-23,25-26,29,31,39H,5-7,9,12-13,15,17-18,20H2,1-4H3,(H,40,43)(H,41,45)(H,46,47)/b10-8-/t21-,22-,23-,25-,29+,31+,37-/m1/s1. The largest absolute Gasteiger partial charge is 0.497 e. The number of methoxy groups -OCH3 is 1. The molecule has 3 heterocycles. The Labute approximate surface area is 309 Å². The van der Waals surface area contributed by atoms with E-state index >= 15 is 0 Å². The average molecular weight is 756 g/mol. The lowest BCUT2D eigenvalue weighted by Crippen LogP contribution is -2.59. The molecule has 2 saturated carbocycles. The van der Waals surface area contributed by atoms with Crippen LogP contribution in [-0.4, -0.2) is 96.5 Å². The number of carbonyl (C=O) groups excluding carboxylic acids is 3. The minimum absolute atomic E-state index is 0.00429. The summed E-state index contributed by atoms with van der Waals surface area (Å²) < 4.78 is 45.5. The summed E-state index contributed by atoms with van der Waals surface area (Å²) in [4.78, 5) is 60.6. The van der Waals surface area contributed by atoms with Gasteiger partial charge in [-0.2, -0.15) is 0 Å². The Bertz CT molecular complexity index is 1880. The number of nitrogens with zero attached hydrogens (tertiary/aromatic N) is 2. The van der Waals surface area contributed by atoms with Crippen LogP contribution < -0.4 is 29.6 Å². The van der Waals surface area contributed by atoms with Crippen molar-refractivity contribution in [2.45, 2.75) is 101 Å². The van der Waals surface area contributed by atoms with E-state index in [1.165, 1.54) is 11.1 Å². The highest BCUT2D eigenvalue weighted by Crippen LogP contribution is 2.46. The number of pyridine rings is 1. The lowest BCUT2D eigenvalue weighted by molar-refractivity contribution is -0.142. The molecule has 6 rings (SSSR count). The van der Waals surface area contributed by atoms with Gasteiger partial charge in [-0.15, -0.1) is 0 Å². The first-order chi connectivity index (χ1) is 25.3. The van der Waals surface area contributed by atoms with Crippen molar-refractivity contribution in [3.8, 4) is 17.4 Å². The number of carbonyl (C=O) groups is 4. The molecule has 4 N–H and O–H groups in total. The van der Waals surface area contributed by atoms with Crippen molar-refractivity contribution >= 4 is 44.6 Å². The predicted octanol–water partition coefficient (Wildman–Crippen LogP) is 3.51. The van der Waals surface area contributed by atoms with E-state index in [0.717, 1.165) is 6.42 Å². The molecule has 0 bridgehead atoms. The van der Waals surface area contributed by atoms with Crippen LogP contribution >= 0.6 is 0 Å². The fourth-order valence-electron chi connectivity index (χ4n) is 7.67. The number of amides is 4. The van der Waals surface area contributed by atoms with Gasteiger partial charge in [0.2, 0.25) is 27.7 Å². The number of fused-ring (bicyclic) bond motifs is 3. The Balaban J connectivity index is 1.36. The Morgan fingerprint density at radius 3 is 2.58 bits per heavy atom. The fourth-order valence-corrected chi connectivity index (χ4v) is 9.03. The summed E-state index contributed by atoms with van der Waals surface area (Å²) in [6.45, 7) is 6.13. The van der Waals surface area contributed by atoms with Crippen LogP contribution in [0.1, 0.15) is 72.1 Å². The molecule has 288 valence electrons. The summed E-state index contributed by atoms with van der Waals surface area (Å²) in [5.74, 6) is -1.41. The monoisotopic (exact) mass is 755 g/mol. The molecule has 16 heteroatoms. The van der Waals surface area contributed by atoms with Crippen molar-refractivity contribution in [3.05, 3.63) is 36.5 Å². The molecule has 0 unspecified atom stereocenters. The third-order valence-corrected chi connectivity index (χ3v) is 12.7. The van der Waals surface area contributed by atoms with Crippen LogP contribution in [0.4, 0.5) is 4.79 Å². The summed E-state index contributed by atoms with van der Waals surface area (Å²) in [5, 5.41) is 15.8. The quantitative estimate of drug-likeness (QED) is 0.259. The van der Waals surface area contributed by atoms with Crippen LogP contribution in [-0.2, 0) is 24.4 Å². The smallest absolute Gasteiger partial charge is 0.405 e. The molecule has 4 aliphatic rings. The summed E-state index contributed by atoms with van der Waals surface area (Å²) in [6, 6.07) is 3.01. The summed E-state index contributed by atoms with van der Waals surface area (Å²) in [6.07, 6.45) is 6.76. The summed E-state index contributed by atoms with van der Waals surface area (Å²) in [7, 11) is -2.36. The maximum atomic E-state index is 14.5. The first-order valence-corrected chi connectivity index (χ1v) is 20.0. The second-order valence-electron chi connectivity index (χ2n) is 14.6. The molecule has 2 aliphatic heterocycles. The van der Waals surface area contributed by atoms with Crippen molar-refractivity contribution in [2.24, 2.45) is 17.8 Å². The number of sulfonamides is 1. The normalized spacial score (nSPS) is 29.8. The number of aromatic nitrogens is 1. The molecule has 15 nitrogen and oxygen atoms in total. The van der Waals surface area contributed by atoms with Crippen LogP contribution in [0.5, 0.6) is 17.4 Å². The first-order valence-electron chi connectivity index (χ1n) is 18.4. The van der Waals surface area contributed by atoms with E-state index in [2.05, 4.69) is 20.3 Å². The number of hydrogen-bond donors (Lipinski definition) is 4. The zero-order valence-electron chi connectivity index (χ0n) is 30.5. The Kier molecular flexibility index (Phi) is 11.1. The third kappa shape index (κ3) is 8.16. The van der Waals surface area contributed by atoms with Gasteiger partial charge in [0.15, 0.2) is 0 Å². The molecule has 53 heavy (non-hydrogen) atoms. The highest BCUT2D eigenvalue weighted by atomic mass is 32.2. The first kappa shape index (κ1) is 38.1. The van der Waals surface area contributed by atoms with E-state index in [4.69, 9.17) is 14.2 Å². The van der Waals surface area contributed by atoms with E-state index < -0.39 is 68.7 Å². The summed E-state index contributed by atoms with van der Waals surface area (Å²) in [5.41, 5.74) is -1.54. The fraction of sp³-hybridized carbons (Fsp3) is 0.595. The van der Waals surface area contributed by atoms with Gasteiger partial charge in [0.25, 0.3) is 5.91 Å². The maximum absolute atomic E-state index is 14.5. The Morgan fingerprint density at radius 1 is 1.13 bits per heavy atom. The van der Waals surface area contributed by atoms with Crippen molar-refractivity contribution in [3.63, 3.8) is 0 Å². The highest BCUT2D eigenvalue weighted by molar-refractivity contribution is 7.91. The van der Waals surface area contributed by atoms with Gasteiger partial charge in [0, 0.05) is 23.1 Å².